The van der Waals surface area contributed by atoms with E-state index in [2.05, 4.69) is 415 Å². The summed E-state index contributed by atoms with van der Waals surface area (Å²) in [5, 5.41) is 0. The molecule has 0 fully saturated rings. The summed E-state index contributed by atoms with van der Waals surface area (Å²) in [5.41, 5.74) is 41.1. The van der Waals surface area contributed by atoms with Crippen molar-refractivity contribution in [3.63, 3.8) is 0 Å². The van der Waals surface area contributed by atoms with Gasteiger partial charge in [-0.15, -0.1) is 0 Å². The van der Waals surface area contributed by atoms with Crippen LogP contribution in [-0.2, 0) is 16.2 Å². The zero-order valence-electron chi connectivity index (χ0n) is 61.6. The van der Waals surface area contributed by atoms with Crippen LogP contribution in [-0.4, -0.2) is 0 Å². The number of anilines is 6. The van der Waals surface area contributed by atoms with Crippen molar-refractivity contribution < 1.29 is 0 Å². The minimum absolute atomic E-state index is 0.664. The van der Waals surface area contributed by atoms with Crippen LogP contribution in [0.4, 0.5) is 34.1 Å². The van der Waals surface area contributed by atoms with Gasteiger partial charge in [0.15, 0.2) is 0 Å². The molecule has 16 aromatic rings. The number of hydrogen-bond donors (Lipinski definition) is 0. The van der Waals surface area contributed by atoms with E-state index in [1.807, 2.05) is 12.2 Å². The number of benzene rings is 16. The summed E-state index contributed by atoms with van der Waals surface area (Å²) in [4.78, 5) is 5.06. The number of aryl methyl sites for hydroxylation is 4. The molecule has 0 saturated carbocycles. The Balaban J connectivity index is 0.819. The highest BCUT2D eigenvalue weighted by atomic mass is 15.1. The van der Waals surface area contributed by atoms with Gasteiger partial charge in [-0.1, -0.05) is 328 Å². The maximum Gasteiger partial charge on any atom is 0.0727 e. The highest BCUT2D eigenvalue weighted by Crippen LogP contribution is 2.66. The Hall–Kier alpha value is -13.4. The van der Waals surface area contributed by atoms with E-state index in [4.69, 9.17) is 0 Å². The topological polar surface area (TPSA) is 6.48 Å². The second-order valence-electron chi connectivity index (χ2n) is 30.1. The van der Waals surface area contributed by atoms with Crippen LogP contribution in [0.5, 0.6) is 0 Å². The minimum Gasteiger partial charge on any atom is -0.310 e. The molecule has 0 bridgehead atoms. The largest absolute Gasteiger partial charge is 0.310 e. The van der Waals surface area contributed by atoms with Gasteiger partial charge in [0.25, 0.3) is 0 Å². The van der Waals surface area contributed by atoms with Crippen molar-refractivity contribution in [2.75, 3.05) is 9.80 Å². The van der Waals surface area contributed by atoms with Crippen molar-refractivity contribution in [3.8, 4) is 66.8 Å². The van der Waals surface area contributed by atoms with Gasteiger partial charge in [0.2, 0.25) is 0 Å². The molecule has 0 N–H and O–H groups in total. The van der Waals surface area contributed by atoms with Gasteiger partial charge in [-0.2, -0.15) is 0 Å². The van der Waals surface area contributed by atoms with Crippen molar-refractivity contribution in [1.29, 1.82) is 0 Å². The lowest BCUT2D eigenvalue weighted by molar-refractivity contribution is 0.759. The molecule has 2 unspecified atom stereocenters. The molecule has 4 aliphatic carbocycles. The van der Waals surface area contributed by atoms with Crippen LogP contribution >= 0.6 is 0 Å². The number of nitrogens with zero attached hydrogens (tertiary/aromatic N) is 2. The molecule has 2 atom stereocenters. The van der Waals surface area contributed by atoms with Crippen LogP contribution in [0, 0.1) is 27.7 Å². The van der Waals surface area contributed by atoms with E-state index >= 15 is 0 Å². The van der Waals surface area contributed by atoms with Gasteiger partial charge in [-0.25, -0.2) is 0 Å². The van der Waals surface area contributed by atoms with Crippen molar-refractivity contribution in [2.45, 2.75) is 43.9 Å². The third kappa shape index (κ3) is 9.74. The standard InChI is InChI=1S/C107H78N2/c1-7-73-39-47-79(48-40-73)105(99-63-69(3)35-37-71(99)5)95-31-19-15-27-87(95)91-59-55-83(65-101(91)105)108(81-51-43-77(44-52-81)75-23-11-9-12-24-75)85-57-61-93-89-29-17-21-33-97(89)107(103(93)67-85)98-34-22-18-30-90(98)94-62-58-86(68-104(94)107)109(82-53-45-78(46-54-82)76-25-13-10-14-26-76)84-56-60-92-88-28-16-20-32-96(88)106(102(92)66-84,80-49-41-74(8-2)42-50-80)100-64-70(4)36-38-72(100)6/h7-68H,1-2H2,3-6H3. The lowest BCUT2D eigenvalue weighted by Gasteiger charge is -2.36. The summed E-state index contributed by atoms with van der Waals surface area (Å²) in [5.74, 6) is 0. The molecule has 4 aliphatic rings. The fourth-order valence-corrected chi connectivity index (χ4v) is 19.5. The predicted octanol–water partition coefficient (Wildman–Crippen LogP) is 27.5. The van der Waals surface area contributed by atoms with Gasteiger partial charge in [0.1, 0.15) is 0 Å². The summed E-state index contributed by atoms with van der Waals surface area (Å²) in [6.07, 6.45) is 3.89. The molecule has 0 amide bonds. The molecule has 109 heavy (non-hydrogen) atoms. The summed E-state index contributed by atoms with van der Waals surface area (Å²) >= 11 is 0. The molecule has 0 saturated heterocycles. The van der Waals surface area contributed by atoms with Crippen LogP contribution in [0.3, 0.4) is 0 Å². The second-order valence-corrected chi connectivity index (χ2v) is 30.1. The van der Waals surface area contributed by atoms with Crippen molar-refractivity contribution in [1.82, 2.24) is 0 Å². The Morgan fingerprint density at radius 2 is 0.477 bits per heavy atom. The first-order chi connectivity index (χ1) is 53.6. The molecule has 1 spiro atoms. The lowest BCUT2D eigenvalue weighted by atomic mass is 9.66. The molecule has 20 rings (SSSR count). The Morgan fingerprint density at radius 1 is 0.211 bits per heavy atom. The van der Waals surface area contributed by atoms with Gasteiger partial charge in [0.05, 0.1) is 16.2 Å². The molecule has 516 valence electrons. The first kappa shape index (κ1) is 65.1. The van der Waals surface area contributed by atoms with E-state index in [-0.39, 0.29) is 0 Å². The molecular weight excluding hydrogens is 1310 g/mol. The lowest BCUT2D eigenvalue weighted by Crippen LogP contribution is -2.30. The van der Waals surface area contributed by atoms with Gasteiger partial charge < -0.3 is 9.80 Å². The molecular formula is C107H78N2. The van der Waals surface area contributed by atoms with Gasteiger partial charge in [-0.3, -0.25) is 0 Å². The summed E-state index contributed by atoms with van der Waals surface area (Å²) in [6, 6.07) is 138. The molecule has 0 radical (unpaired) electrons. The third-order valence-electron chi connectivity index (χ3n) is 24.4. The average Bonchev–Trinajstić information content (AvgIpc) is 1.50. The van der Waals surface area contributed by atoms with Crippen LogP contribution in [0.2, 0.25) is 0 Å². The third-order valence-corrected chi connectivity index (χ3v) is 24.4. The van der Waals surface area contributed by atoms with Crippen LogP contribution < -0.4 is 9.80 Å². The Kier molecular flexibility index (Phi) is 15.2. The SMILES string of the molecule is C=Cc1ccc(C2(c3cc(C)ccc3C)c3ccccc3-c3ccc(N(c4ccc(-c5ccccc5)cc4)c4ccc5c(c4)C4(c6ccccc6-5)c5ccccc5-c5ccc(N(c6ccc(-c7ccccc7)cc6)c6ccc7c(c6)C(c6ccc(C=C)cc6)(c6cc(C)ccc6C)c6ccccc6-7)cc54)cc32)cc1. The quantitative estimate of drug-likeness (QED) is 0.107. The van der Waals surface area contributed by atoms with E-state index in [1.54, 1.807) is 0 Å². The van der Waals surface area contributed by atoms with E-state index < -0.39 is 16.2 Å². The smallest absolute Gasteiger partial charge is 0.0727 e. The predicted molar refractivity (Wildman–Crippen MR) is 457 cm³/mol. The maximum atomic E-state index is 4.20. The molecule has 2 heteroatoms. The summed E-state index contributed by atoms with van der Waals surface area (Å²) < 4.78 is 0. The number of hydrogen-bond acceptors (Lipinski definition) is 2. The molecule has 16 aromatic carbocycles. The molecule has 0 aliphatic heterocycles. The Labute approximate surface area is 639 Å². The number of fused-ring (bicyclic) bond motifs is 16. The molecule has 0 heterocycles. The summed E-state index contributed by atoms with van der Waals surface area (Å²) in [6.45, 7) is 17.4. The zero-order valence-corrected chi connectivity index (χ0v) is 61.6. The minimum atomic E-state index is -0.750. The van der Waals surface area contributed by atoms with Crippen molar-refractivity contribution >= 4 is 46.3 Å². The van der Waals surface area contributed by atoms with Gasteiger partial charge >= 0.3 is 0 Å². The number of rotatable bonds is 14. The average molecular weight is 1390 g/mol. The second kappa shape index (κ2) is 25.4. The monoisotopic (exact) mass is 1390 g/mol. The summed E-state index contributed by atoms with van der Waals surface area (Å²) in [7, 11) is 0. The van der Waals surface area contributed by atoms with Crippen LogP contribution in [0.25, 0.3) is 78.9 Å². The van der Waals surface area contributed by atoms with Gasteiger partial charge in [-0.05, 0) is 256 Å². The Morgan fingerprint density at radius 3 is 0.798 bits per heavy atom. The fraction of sp³-hybridized carbons (Fsp3) is 0.0654. The zero-order chi connectivity index (χ0) is 73.3. The van der Waals surface area contributed by atoms with Crippen molar-refractivity contribution in [2.24, 2.45) is 0 Å². The van der Waals surface area contributed by atoms with E-state index in [1.165, 1.54) is 145 Å². The molecule has 0 aromatic heterocycles. The first-order valence-electron chi connectivity index (χ1n) is 38.1. The van der Waals surface area contributed by atoms with E-state index in [0.29, 0.717) is 0 Å². The normalized spacial score (nSPS) is 16.3. The highest BCUT2D eigenvalue weighted by molar-refractivity contribution is 5.99. The van der Waals surface area contributed by atoms with Crippen molar-refractivity contribution in [3.05, 3.63) is 477 Å². The van der Waals surface area contributed by atoms with Gasteiger partial charge in [0, 0.05) is 34.1 Å². The first-order valence-corrected chi connectivity index (χ1v) is 38.1. The van der Waals surface area contributed by atoms with Crippen LogP contribution in [0.1, 0.15) is 100 Å². The van der Waals surface area contributed by atoms with E-state index in [9.17, 15) is 0 Å². The maximum absolute atomic E-state index is 4.20. The fourth-order valence-electron chi connectivity index (χ4n) is 19.5. The Bertz CT molecular complexity index is 5970. The highest BCUT2D eigenvalue weighted by Gasteiger charge is 2.54. The van der Waals surface area contributed by atoms with Crippen LogP contribution in [0.15, 0.2) is 377 Å². The molecule has 2 nitrogen and oxygen atoms in total. The van der Waals surface area contributed by atoms with E-state index in [0.717, 1.165) is 56.4 Å².